The summed E-state index contributed by atoms with van der Waals surface area (Å²) >= 11 is 0. The fourth-order valence-electron chi connectivity index (χ4n) is 1.75. The average molecular weight is 264 g/mol. The van der Waals surface area contributed by atoms with Gasteiger partial charge in [0.2, 0.25) is 0 Å². The molecule has 0 aromatic heterocycles. The van der Waals surface area contributed by atoms with Crippen molar-refractivity contribution in [2.75, 3.05) is 19.7 Å². The minimum Gasteiger partial charge on any atom is -0.483 e. The van der Waals surface area contributed by atoms with Crippen LogP contribution in [-0.4, -0.2) is 25.6 Å². The number of nitrogens with one attached hydrogen (secondary N) is 1. The normalized spacial score (nSPS) is 10.3. The molecule has 0 aliphatic rings. The van der Waals surface area contributed by atoms with Gasteiger partial charge in [0.1, 0.15) is 5.75 Å². The van der Waals surface area contributed by atoms with Crippen molar-refractivity contribution in [3.63, 3.8) is 0 Å². The van der Waals surface area contributed by atoms with Gasteiger partial charge in [-0.2, -0.15) is 0 Å². The van der Waals surface area contributed by atoms with Crippen molar-refractivity contribution in [1.29, 1.82) is 0 Å². The van der Waals surface area contributed by atoms with Crippen LogP contribution in [0.4, 0.5) is 0 Å². The largest absolute Gasteiger partial charge is 0.483 e. The molecule has 4 nitrogen and oxygen atoms in total. The summed E-state index contributed by atoms with van der Waals surface area (Å²) in [6.45, 7) is 5.50. The third kappa shape index (κ3) is 5.75. The van der Waals surface area contributed by atoms with Gasteiger partial charge in [0.15, 0.2) is 6.61 Å². The van der Waals surface area contributed by atoms with Crippen molar-refractivity contribution >= 4 is 5.91 Å². The van der Waals surface area contributed by atoms with Crippen LogP contribution in [0.15, 0.2) is 18.2 Å². The van der Waals surface area contributed by atoms with Gasteiger partial charge < -0.3 is 15.8 Å². The third-order valence-corrected chi connectivity index (χ3v) is 3.12. The van der Waals surface area contributed by atoms with Crippen molar-refractivity contribution in [2.45, 2.75) is 33.1 Å². The summed E-state index contributed by atoms with van der Waals surface area (Å²) in [7, 11) is 0. The minimum absolute atomic E-state index is 0.0706. The fourth-order valence-corrected chi connectivity index (χ4v) is 1.75. The molecule has 0 heterocycles. The number of rotatable bonds is 8. The smallest absolute Gasteiger partial charge is 0.257 e. The highest BCUT2D eigenvalue weighted by Gasteiger charge is 2.05. The monoisotopic (exact) mass is 264 g/mol. The molecular formula is C15H24N2O2. The van der Waals surface area contributed by atoms with Gasteiger partial charge in [-0.25, -0.2) is 0 Å². The standard InChI is InChI=1S/C15H24N2O2/c1-12-7-6-8-14(13(12)2)19-11-15(18)17-10-5-3-4-9-16/h6-8H,3-5,9-11,16H2,1-2H3,(H,17,18). The van der Waals surface area contributed by atoms with Crippen LogP contribution < -0.4 is 15.8 Å². The number of benzene rings is 1. The summed E-state index contributed by atoms with van der Waals surface area (Å²) < 4.78 is 5.53. The van der Waals surface area contributed by atoms with Crippen LogP contribution >= 0.6 is 0 Å². The Bertz CT molecular complexity index is 405. The first-order valence-corrected chi connectivity index (χ1v) is 6.81. The van der Waals surface area contributed by atoms with Crippen LogP contribution in [0, 0.1) is 13.8 Å². The predicted molar refractivity (Wildman–Crippen MR) is 77.3 cm³/mol. The molecule has 0 fully saturated rings. The van der Waals surface area contributed by atoms with Crippen LogP contribution in [-0.2, 0) is 4.79 Å². The maximum Gasteiger partial charge on any atom is 0.257 e. The van der Waals surface area contributed by atoms with E-state index in [9.17, 15) is 4.79 Å². The first-order chi connectivity index (χ1) is 9.15. The van der Waals surface area contributed by atoms with E-state index in [0.717, 1.165) is 30.6 Å². The number of ether oxygens (including phenoxy) is 1. The van der Waals surface area contributed by atoms with Crippen LogP contribution in [0.2, 0.25) is 0 Å². The molecule has 19 heavy (non-hydrogen) atoms. The molecule has 0 atom stereocenters. The number of aryl methyl sites for hydroxylation is 1. The molecule has 1 amide bonds. The zero-order chi connectivity index (χ0) is 14.1. The SMILES string of the molecule is Cc1cccc(OCC(=O)NCCCCCN)c1C. The van der Waals surface area contributed by atoms with Gasteiger partial charge in [0, 0.05) is 6.54 Å². The number of amides is 1. The van der Waals surface area contributed by atoms with Gasteiger partial charge in [-0.05, 0) is 50.4 Å². The van der Waals surface area contributed by atoms with E-state index in [2.05, 4.69) is 5.32 Å². The summed E-state index contributed by atoms with van der Waals surface area (Å²) in [6.07, 6.45) is 3.02. The highest BCUT2D eigenvalue weighted by molar-refractivity contribution is 5.77. The fraction of sp³-hybridized carbons (Fsp3) is 0.533. The molecule has 4 heteroatoms. The second-order valence-electron chi connectivity index (χ2n) is 4.69. The Morgan fingerprint density at radius 1 is 1.26 bits per heavy atom. The number of carbonyl (C=O) groups is 1. The summed E-state index contributed by atoms with van der Waals surface area (Å²) in [5, 5.41) is 2.84. The van der Waals surface area contributed by atoms with Crippen molar-refractivity contribution in [3.05, 3.63) is 29.3 Å². The van der Waals surface area contributed by atoms with E-state index >= 15 is 0 Å². The molecule has 0 saturated heterocycles. The van der Waals surface area contributed by atoms with E-state index in [-0.39, 0.29) is 12.5 Å². The Labute approximate surface area is 115 Å². The maximum atomic E-state index is 11.6. The lowest BCUT2D eigenvalue weighted by molar-refractivity contribution is -0.123. The van der Waals surface area contributed by atoms with Gasteiger partial charge in [-0.3, -0.25) is 4.79 Å². The average Bonchev–Trinajstić information content (AvgIpc) is 2.40. The Kier molecular flexibility index (Phi) is 6.97. The molecule has 3 N–H and O–H groups in total. The van der Waals surface area contributed by atoms with E-state index < -0.39 is 0 Å². The van der Waals surface area contributed by atoms with Gasteiger partial charge >= 0.3 is 0 Å². The van der Waals surface area contributed by atoms with Crippen molar-refractivity contribution in [3.8, 4) is 5.75 Å². The Balaban J connectivity index is 2.24. The Morgan fingerprint density at radius 2 is 2.05 bits per heavy atom. The molecule has 1 aromatic carbocycles. The summed E-state index contributed by atoms with van der Waals surface area (Å²) in [4.78, 5) is 11.6. The molecule has 1 rings (SSSR count). The lowest BCUT2D eigenvalue weighted by atomic mass is 10.1. The first kappa shape index (κ1) is 15.5. The number of hydrogen-bond acceptors (Lipinski definition) is 3. The molecule has 0 unspecified atom stereocenters. The lowest BCUT2D eigenvalue weighted by Gasteiger charge is -2.11. The number of carbonyl (C=O) groups excluding carboxylic acids is 1. The maximum absolute atomic E-state index is 11.6. The third-order valence-electron chi connectivity index (χ3n) is 3.12. The van der Waals surface area contributed by atoms with Crippen LogP contribution in [0.25, 0.3) is 0 Å². The number of hydrogen-bond donors (Lipinski definition) is 2. The second kappa shape index (κ2) is 8.53. The molecule has 0 saturated carbocycles. The van der Waals surface area contributed by atoms with Crippen LogP contribution in [0.3, 0.4) is 0 Å². The summed E-state index contributed by atoms with van der Waals surface area (Å²) in [6, 6.07) is 5.85. The summed E-state index contributed by atoms with van der Waals surface area (Å²) in [5.74, 6) is 0.701. The molecule has 0 radical (unpaired) electrons. The van der Waals surface area contributed by atoms with Crippen molar-refractivity contribution in [2.24, 2.45) is 5.73 Å². The molecule has 0 bridgehead atoms. The molecular weight excluding hydrogens is 240 g/mol. The van der Waals surface area contributed by atoms with E-state index in [1.165, 1.54) is 5.56 Å². The highest BCUT2D eigenvalue weighted by Crippen LogP contribution is 2.20. The van der Waals surface area contributed by atoms with E-state index in [1.54, 1.807) is 0 Å². The second-order valence-corrected chi connectivity index (χ2v) is 4.69. The minimum atomic E-state index is -0.0753. The van der Waals surface area contributed by atoms with Crippen LogP contribution in [0.1, 0.15) is 30.4 Å². The molecule has 106 valence electrons. The quantitative estimate of drug-likeness (QED) is 0.705. The van der Waals surface area contributed by atoms with Crippen molar-refractivity contribution in [1.82, 2.24) is 5.32 Å². The molecule has 1 aromatic rings. The molecule has 0 aliphatic carbocycles. The van der Waals surface area contributed by atoms with Crippen LogP contribution in [0.5, 0.6) is 5.75 Å². The topological polar surface area (TPSA) is 64.3 Å². The number of unbranched alkanes of at least 4 members (excludes halogenated alkanes) is 2. The predicted octanol–water partition coefficient (Wildman–Crippen LogP) is 1.93. The molecule has 0 aliphatic heterocycles. The first-order valence-electron chi connectivity index (χ1n) is 6.81. The zero-order valence-corrected chi connectivity index (χ0v) is 11.9. The van der Waals surface area contributed by atoms with Gasteiger partial charge in [-0.15, -0.1) is 0 Å². The lowest BCUT2D eigenvalue weighted by Crippen LogP contribution is -2.29. The number of nitrogens with two attached hydrogens (primary N) is 1. The van der Waals surface area contributed by atoms with Gasteiger partial charge in [-0.1, -0.05) is 18.6 Å². The van der Waals surface area contributed by atoms with Gasteiger partial charge in [0.25, 0.3) is 5.91 Å². The molecule has 0 spiro atoms. The van der Waals surface area contributed by atoms with E-state index in [4.69, 9.17) is 10.5 Å². The Hall–Kier alpha value is -1.55. The Morgan fingerprint density at radius 3 is 2.79 bits per heavy atom. The highest BCUT2D eigenvalue weighted by atomic mass is 16.5. The van der Waals surface area contributed by atoms with E-state index in [0.29, 0.717) is 13.1 Å². The van der Waals surface area contributed by atoms with Crippen molar-refractivity contribution < 1.29 is 9.53 Å². The summed E-state index contributed by atoms with van der Waals surface area (Å²) in [5.41, 5.74) is 7.65. The van der Waals surface area contributed by atoms with E-state index in [1.807, 2.05) is 32.0 Å². The van der Waals surface area contributed by atoms with Gasteiger partial charge in [0.05, 0.1) is 0 Å². The zero-order valence-electron chi connectivity index (χ0n) is 11.9.